The van der Waals surface area contributed by atoms with E-state index >= 15 is 0 Å². The number of hydrogen-bond acceptors (Lipinski definition) is 5. The van der Waals surface area contributed by atoms with Crippen LogP contribution in [0.2, 0.25) is 0 Å². The van der Waals surface area contributed by atoms with Crippen molar-refractivity contribution in [3.05, 3.63) is 54.2 Å². The average molecular weight is 432 g/mol. The molecule has 0 aliphatic rings. The predicted molar refractivity (Wildman–Crippen MR) is 103 cm³/mol. The van der Waals surface area contributed by atoms with E-state index in [4.69, 9.17) is 5.73 Å². The number of hydrogen-bond donors (Lipinski definition) is 1. The minimum atomic E-state index is -4.49. The molecular formula is C19H13F3N5O2S. The van der Waals surface area contributed by atoms with Crippen molar-refractivity contribution in [1.82, 2.24) is 25.7 Å². The number of nitrogens with zero attached hydrogens (tertiary/aromatic N) is 3. The van der Waals surface area contributed by atoms with Crippen LogP contribution in [0.3, 0.4) is 0 Å². The first-order valence-electron chi connectivity index (χ1n) is 8.49. The molecule has 153 valence electrons. The van der Waals surface area contributed by atoms with Crippen LogP contribution in [-0.2, 0) is 16.0 Å². The number of sulfone groups is 1. The predicted octanol–water partition coefficient (Wildman–Crippen LogP) is 4.02. The van der Waals surface area contributed by atoms with Gasteiger partial charge in [-0.2, -0.15) is 13.2 Å². The minimum Gasteiger partial charge on any atom is -0.337 e. The molecule has 0 aliphatic heterocycles. The Morgan fingerprint density at radius 2 is 1.73 bits per heavy atom. The van der Waals surface area contributed by atoms with E-state index in [0.717, 1.165) is 18.4 Å². The Hall–Kier alpha value is -3.47. The molecule has 1 radical (unpaired) electrons. The summed E-state index contributed by atoms with van der Waals surface area (Å²) in [4.78, 5) is 15.5. The van der Waals surface area contributed by atoms with E-state index in [-0.39, 0.29) is 27.7 Å². The molecule has 30 heavy (non-hydrogen) atoms. The molecule has 11 heteroatoms. The molecule has 2 aromatic heterocycles. The second-order valence-electron chi connectivity index (χ2n) is 6.56. The molecule has 0 saturated carbocycles. The molecule has 0 amide bonds. The number of halogens is 3. The molecule has 0 aliphatic carbocycles. The molecule has 2 heterocycles. The van der Waals surface area contributed by atoms with Gasteiger partial charge in [0.1, 0.15) is 0 Å². The van der Waals surface area contributed by atoms with Crippen molar-refractivity contribution in [3.63, 3.8) is 0 Å². The van der Waals surface area contributed by atoms with Gasteiger partial charge < -0.3 is 4.98 Å². The summed E-state index contributed by atoms with van der Waals surface area (Å²) >= 11 is 0. The number of rotatable bonds is 3. The van der Waals surface area contributed by atoms with Crippen molar-refractivity contribution < 1.29 is 21.6 Å². The summed E-state index contributed by atoms with van der Waals surface area (Å²) in [7, 11) is -3.35. The number of aromatic nitrogens is 4. The van der Waals surface area contributed by atoms with Gasteiger partial charge in [0.2, 0.25) is 0 Å². The Morgan fingerprint density at radius 1 is 1.03 bits per heavy atom. The van der Waals surface area contributed by atoms with Crippen LogP contribution in [0.25, 0.3) is 33.8 Å². The Bertz CT molecular complexity index is 1360. The fourth-order valence-electron chi connectivity index (χ4n) is 2.86. The highest BCUT2D eigenvalue weighted by Gasteiger charge is 2.30. The smallest absolute Gasteiger partial charge is 0.337 e. The maximum atomic E-state index is 12.9. The van der Waals surface area contributed by atoms with Gasteiger partial charge >= 0.3 is 6.18 Å². The van der Waals surface area contributed by atoms with Crippen LogP contribution in [0, 0.1) is 0 Å². The van der Waals surface area contributed by atoms with Gasteiger partial charge in [0.25, 0.3) is 0 Å². The van der Waals surface area contributed by atoms with Gasteiger partial charge in [-0.25, -0.2) is 23.4 Å². The molecule has 4 rings (SSSR count). The molecule has 0 bridgehead atoms. The lowest BCUT2D eigenvalue weighted by Crippen LogP contribution is -2.04. The van der Waals surface area contributed by atoms with Gasteiger partial charge in [0.15, 0.2) is 27.2 Å². The van der Waals surface area contributed by atoms with E-state index in [2.05, 4.69) is 19.9 Å². The standard InChI is InChI=1S/C19H13F3N5O2S/c1-30(28,29)12-5-2-10(3-6-12)15-9-24-17(23)16(25-15)18-26-13-7-4-11(19(20,21)22)8-14(13)27-18/h2-9,23H,1H3,(H,26,27). The van der Waals surface area contributed by atoms with Gasteiger partial charge in [-0.05, 0) is 30.3 Å². The van der Waals surface area contributed by atoms with E-state index in [0.29, 0.717) is 16.8 Å². The highest BCUT2D eigenvalue weighted by atomic mass is 32.2. The van der Waals surface area contributed by atoms with Crippen molar-refractivity contribution in [2.24, 2.45) is 0 Å². The van der Waals surface area contributed by atoms with Crippen LogP contribution in [0.5, 0.6) is 0 Å². The van der Waals surface area contributed by atoms with Gasteiger partial charge in [0, 0.05) is 11.8 Å². The molecule has 2 aromatic carbocycles. The van der Waals surface area contributed by atoms with Crippen LogP contribution in [0.1, 0.15) is 5.56 Å². The zero-order valence-corrected chi connectivity index (χ0v) is 16.1. The number of alkyl halides is 3. The quantitative estimate of drug-likeness (QED) is 0.525. The van der Waals surface area contributed by atoms with Gasteiger partial charge in [-0.15, -0.1) is 0 Å². The second-order valence-corrected chi connectivity index (χ2v) is 8.58. The third-order valence-corrected chi connectivity index (χ3v) is 5.51. The van der Waals surface area contributed by atoms with E-state index < -0.39 is 21.6 Å². The highest BCUT2D eigenvalue weighted by Crippen LogP contribution is 2.32. The summed E-state index contributed by atoms with van der Waals surface area (Å²) in [6.45, 7) is 0. The lowest BCUT2D eigenvalue weighted by molar-refractivity contribution is -0.137. The molecular weight excluding hydrogens is 419 g/mol. The average Bonchev–Trinajstić information content (AvgIpc) is 3.10. The summed E-state index contributed by atoms with van der Waals surface area (Å²) in [6.07, 6.45) is -2.04. The number of fused-ring (bicyclic) bond motifs is 1. The maximum Gasteiger partial charge on any atom is 0.416 e. The number of aromatic amines is 1. The topological polar surface area (TPSA) is 112 Å². The van der Waals surface area contributed by atoms with Crippen LogP contribution < -0.4 is 5.73 Å². The molecule has 0 unspecified atom stereocenters. The first kappa shape index (κ1) is 19.8. The monoisotopic (exact) mass is 432 g/mol. The Labute approximate surface area is 168 Å². The third kappa shape index (κ3) is 3.71. The van der Waals surface area contributed by atoms with Crippen LogP contribution >= 0.6 is 0 Å². The molecule has 4 aromatic rings. The maximum absolute atomic E-state index is 12.9. The summed E-state index contributed by atoms with van der Waals surface area (Å²) in [6, 6.07) is 9.09. The van der Waals surface area contributed by atoms with E-state index in [1.807, 2.05) is 0 Å². The summed E-state index contributed by atoms with van der Waals surface area (Å²) in [5, 5.41) is 0. The van der Waals surface area contributed by atoms with E-state index in [1.54, 1.807) is 12.1 Å². The number of nitrogens with one attached hydrogen (secondary N) is 2. The molecule has 0 saturated heterocycles. The number of benzene rings is 2. The van der Waals surface area contributed by atoms with Crippen LogP contribution in [0.4, 0.5) is 19.0 Å². The Morgan fingerprint density at radius 3 is 2.37 bits per heavy atom. The molecule has 0 atom stereocenters. The summed E-state index contributed by atoms with van der Waals surface area (Å²) in [5.41, 5.74) is 8.62. The number of H-pyrrole nitrogens is 1. The van der Waals surface area contributed by atoms with Gasteiger partial charge in [-0.3, -0.25) is 5.73 Å². The molecule has 0 spiro atoms. The van der Waals surface area contributed by atoms with E-state index in [1.165, 1.54) is 24.4 Å². The van der Waals surface area contributed by atoms with Gasteiger partial charge in [0.05, 0.1) is 33.4 Å². The third-order valence-electron chi connectivity index (χ3n) is 4.38. The van der Waals surface area contributed by atoms with Gasteiger partial charge in [-0.1, -0.05) is 12.1 Å². The lowest BCUT2D eigenvalue weighted by Gasteiger charge is -2.06. The van der Waals surface area contributed by atoms with Crippen molar-refractivity contribution in [1.29, 1.82) is 0 Å². The van der Waals surface area contributed by atoms with Crippen molar-refractivity contribution >= 4 is 26.7 Å². The largest absolute Gasteiger partial charge is 0.416 e. The van der Waals surface area contributed by atoms with Crippen LogP contribution in [0.15, 0.2) is 53.6 Å². The SMILES string of the molecule is CS(=O)(=O)c1ccc(-c2cnc([NH])c(-c3nc4ccc(C(F)(F)F)cc4[nH]3)n2)cc1. The number of imidazole rings is 1. The molecule has 2 N–H and O–H groups in total. The summed E-state index contributed by atoms with van der Waals surface area (Å²) in [5.74, 6) is -0.0990. The minimum absolute atomic E-state index is 0.0597. The second kappa shape index (κ2) is 6.80. The lowest BCUT2D eigenvalue weighted by atomic mass is 10.1. The molecule has 0 fully saturated rings. The van der Waals surface area contributed by atoms with Crippen molar-refractivity contribution in [3.8, 4) is 22.8 Å². The zero-order valence-electron chi connectivity index (χ0n) is 15.3. The zero-order chi connectivity index (χ0) is 21.7. The van der Waals surface area contributed by atoms with Crippen molar-refractivity contribution in [2.45, 2.75) is 11.1 Å². The fourth-order valence-corrected chi connectivity index (χ4v) is 3.49. The highest BCUT2D eigenvalue weighted by molar-refractivity contribution is 7.90. The fraction of sp³-hybridized carbons (Fsp3) is 0.105. The Kier molecular flexibility index (Phi) is 4.49. The van der Waals surface area contributed by atoms with E-state index in [9.17, 15) is 21.6 Å². The normalized spacial score (nSPS) is 12.4. The Balaban J connectivity index is 1.77. The first-order valence-corrected chi connectivity index (χ1v) is 10.4. The van der Waals surface area contributed by atoms with Crippen LogP contribution in [-0.4, -0.2) is 34.6 Å². The van der Waals surface area contributed by atoms with Crippen molar-refractivity contribution in [2.75, 3.05) is 6.26 Å². The molecule has 7 nitrogen and oxygen atoms in total. The summed E-state index contributed by atoms with van der Waals surface area (Å²) < 4.78 is 62.0. The first-order chi connectivity index (χ1) is 14.0.